The van der Waals surface area contributed by atoms with Crippen molar-refractivity contribution in [2.75, 3.05) is 11.9 Å². The standard InChI is InChI=1S/C12H9BN6O/c13-8-5-7-6-15-12(17-9-1-2-16-20-9)18-10(7)19-4-3-14-11(8)19/h1-2,5-6,14H,3-4H2. The zero-order chi connectivity index (χ0) is 13.5. The highest BCUT2D eigenvalue weighted by molar-refractivity contribution is 6.36. The van der Waals surface area contributed by atoms with E-state index in [1.54, 1.807) is 12.3 Å². The van der Waals surface area contributed by atoms with Crippen molar-refractivity contribution in [3.63, 3.8) is 0 Å². The SMILES string of the molecule is [B]c1cc2cnc(=Nc3ccno3)nc-2n2c1NCC2. The topological polar surface area (TPSA) is 81.1 Å². The summed E-state index contributed by atoms with van der Waals surface area (Å²) in [5, 5.41) is 6.84. The molecule has 0 fully saturated rings. The van der Waals surface area contributed by atoms with E-state index in [0.29, 0.717) is 17.0 Å². The fourth-order valence-corrected chi connectivity index (χ4v) is 2.31. The predicted molar refractivity (Wildman–Crippen MR) is 72.2 cm³/mol. The molecule has 4 rings (SSSR count). The summed E-state index contributed by atoms with van der Waals surface area (Å²) < 4.78 is 6.96. The Labute approximate surface area is 115 Å². The molecule has 0 unspecified atom stereocenters. The van der Waals surface area contributed by atoms with Crippen LogP contribution in [-0.4, -0.2) is 34.1 Å². The van der Waals surface area contributed by atoms with Crippen molar-refractivity contribution >= 4 is 25.0 Å². The summed E-state index contributed by atoms with van der Waals surface area (Å²) in [5.74, 6) is 2.06. The smallest absolute Gasteiger partial charge is 0.254 e. The molecule has 0 bridgehead atoms. The first kappa shape index (κ1) is 11.2. The third-order valence-electron chi connectivity index (χ3n) is 3.16. The Hall–Kier alpha value is -2.64. The number of hydrogen-bond donors (Lipinski definition) is 1. The maximum atomic E-state index is 6.00. The molecule has 3 aliphatic rings. The minimum absolute atomic E-state index is 0.334. The van der Waals surface area contributed by atoms with Crippen LogP contribution in [0.2, 0.25) is 0 Å². The van der Waals surface area contributed by atoms with Crippen LogP contribution in [0.3, 0.4) is 0 Å². The molecule has 20 heavy (non-hydrogen) atoms. The Morgan fingerprint density at radius 2 is 2.40 bits per heavy atom. The summed E-state index contributed by atoms with van der Waals surface area (Å²) in [5.41, 5.74) is 1.91. The van der Waals surface area contributed by atoms with Gasteiger partial charge < -0.3 is 14.4 Å². The van der Waals surface area contributed by atoms with Gasteiger partial charge in [-0.3, -0.25) is 0 Å². The van der Waals surface area contributed by atoms with Gasteiger partial charge in [-0.15, -0.1) is 0 Å². The molecule has 0 aliphatic carbocycles. The molecule has 7 nitrogen and oxygen atoms in total. The van der Waals surface area contributed by atoms with Gasteiger partial charge in [-0.2, -0.15) is 9.98 Å². The number of rotatable bonds is 1. The molecule has 3 aliphatic heterocycles. The summed E-state index contributed by atoms with van der Waals surface area (Å²) >= 11 is 0. The van der Waals surface area contributed by atoms with Gasteiger partial charge in [0.25, 0.3) is 11.5 Å². The van der Waals surface area contributed by atoms with Crippen molar-refractivity contribution in [2.24, 2.45) is 4.99 Å². The minimum Gasteiger partial charge on any atom is -0.370 e. The van der Waals surface area contributed by atoms with Gasteiger partial charge in [0.1, 0.15) is 13.7 Å². The average molecular weight is 264 g/mol. The van der Waals surface area contributed by atoms with Crippen molar-refractivity contribution in [3.05, 3.63) is 30.1 Å². The van der Waals surface area contributed by atoms with Crippen molar-refractivity contribution < 1.29 is 4.52 Å². The fourth-order valence-electron chi connectivity index (χ4n) is 2.31. The van der Waals surface area contributed by atoms with E-state index < -0.39 is 0 Å². The van der Waals surface area contributed by atoms with E-state index in [4.69, 9.17) is 12.4 Å². The van der Waals surface area contributed by atoms with E-state index in [9.17, 15) is 0 Å². The number of aromatic nitrogens is 4. The minimum atomic E-state index is 0.334. The number of hydrogen-bond acceptors (Lipinski definition) is 6. The van der Waals surface area contributed by atoms with Gasteiger partial charge >= 0.3 is 0 Å². The van der Waals surface area contributed by atoms with Gasteiger partial charge in [0.2, 0.25) is 0 Å². The summed E-state index contributed by atoms with van der Waals surface area (Å²) in [4.78, 5) is 12.8. The predicted octanol–water partition coefficient (Wildman–Crippen LogP) is -0.177. The molecule has 0 aromatic carbocycles. The van der Waals surface area contributed by atoms with Crippen molar-refractivity contribution in [1.82, 2.24) is 19.7 Å². The molecule has 0 saturated carbocycles. The first-order valence-electron chi connectivity index (χ1n) is 6.16. The van der Waals surface area contributed by atoms with Gasteiger partial charge in [-0.25, -0.2) is 4.98 Å². The van der Waals surface area contributed by atoms with E-state index in [-0.39, 0.29) is 0 Å². The molecule has 0 amide bonds. The van der Waals surface area contributed by atoms with Crippen LogP contribution in [0, 0.1) is 0 Å². The van der Waals surface area contributed by atoms with Crippen LogP contribution in [0.25, 0.3) is 11.4 Å². The Morgan fingerprint density at radius 1 is 1.45 bits per heavy atom. The zero-order valence-corrected chi connectivity index (χ0v) is 10.4. The summed E-state index contributed by atoms with van der Waals surface area (Å²) in [6, 6.07) is 3.51. The largest absolute Gasteiger partial charge is 0.370 e. The van der Waals surface area contributed by atoms with E-state index in [2.05, 4.69) is 25.4 Å². The first-order chi connectivity index (χ1) is 9.81. The molecular weight excluding hydrogens is 255 g/mol. The Morgan fingerprint density at radius 3 is 3.25 bits per heavy atom. The highest BCUT2D eigenvalue weighted by atomic mass is 16.5. The molecular formula is C12H9BN6O. The second-order valence-corrected chi connectivity index (χ2v) is 4.44. The molecule has 0 spiro atoms. The van der Waals surface area contributed by atoms with Crippen molar-refractivity contribution in [3.8, 4) is 11.4 Å². The molecule has 8 heteroatoms. The average Bonchev–Trinajstić information content (AvgIpc) is 3.10. The van der Waals surface area contributed by atoms with Crippen LogP contribution in [0.15, 0.2) is 34.0 Å². The van der Waals surface area contributed by atoms with Gasteiger partial charge in [0, 0.05) is 30.9 Å². The van der Waals surface area contributed by atoms with Crippen LogP contribution in [0.1, 0.15) is 0 Å². The van der Waals surface area contributed by atoms with E-state index in [1.807, 2.05) is 10.6 Å². The lowest BCUT2D eigenvalue weighted by Gasteiger charge is -2.14. The second kappa shape index (κ2) is 4.19. The lowest BCUT2D eigenvalue weighted by atomic mass is 9.94. The Bertz CT molecular complexity index is 809. The van der Waals surface area contributed by atoms with Crippen LogP contribution in [-0.2, 0) is 6.54 Å². The second-order valence-electron chi connectivity index (χ2n) is 4.44. The number of nitrogens with one attached hydrogen (secondary N) is 1. The Kier molecular flexibility index (Phi) is 2.35. The van der Waals surface area contributed by atoms with E-state index >= 15 is 0 Å². The van der Waals surface area contributed by atoms with Crippen LogP contribution in [0.4, 0.5) is 11.7 Å². The molecule has 4 heterocycles. The number of fused-ring (bicyclic) bond motifs is 3. The molecule has 0 saturated heterocycles. The molecule has 0 atom stereocenters. The lowest BCUT2D eigenvalue weighted by Crippen LogP contribution is -2.21. The van der Waals surface area contributed by atoms with Gasteiger partial charge in [-0.05, 0) is 0 Å². The van der Waals surface area contributed by atoms with Gasteiger partial charge in [0.05, 0.1) is 12.0 Å². The molecule has 96 valence electrons. The normalized spacial score (nSPS) is 14.5. The highest BCUT2D eigenvalue weighted by Crippen LogP contribution is 2.23. The third kappa shape index (κ3) is 1.69. The van der Waals surface area contributed by atoms with Gasteiger partial charge in [0.15, 0.2) is 0 Å². The quantitative estimate of drug-likeness (QED) is 0.617. The van der Waals surface area contributed by atoms with Gasteiger partial charge in [-0.1, -0.05) is 16.7 Å². The Balaban J connectivity index is 1.96. The highest BCUT2D eigenvalue weighted by Gasteiger charge is 2.18. The molecule has 1 N–H and O–H groups in total. The first-order valence-corrected chi connectivity index (χ1v) is 6.16. The number of nitrogens with zero attached hydrogens (tertiary/aromatic N) is 5. The van der Waals surface area contributed by atoms with Crippen LogP contribution < -0.4 is 16.4 Å². The van der Waals surface area contributed by atoms with Crippen molar-refractivity contribution in [2.45, 2.75) is 6.54 Å². The zero-order valence-electron chi connectivity index (χ0n) is 10.4. The summed E-state index contributed by atoms with van der Waals surface area (Å²) in [6.07, 6.45) is 3.23. The van der Waals surface area contributed by atoms with Crippen LogP contribution in [0.5, 0.6) is 0 Å². The summed E-state index contributed by atoms with van der Waals surface area (Å²) in [6.45, 7) is 1.65. The summed E-state index contributed by atoms with van der Waals surface area (Å²) in [7, 11) is 6.00. The molecule has 2 radical (unpaired) electrons. The maximum Gasteiger partial charge on any atom is 0.254 e. The van der Waals surface area contributed by atoms with E-state index in [1.165, 1.54) is 6.20 Å². The van der Waals surface area contributed by atoms with E-state index in [0.717, 1.165) is 30.3 Å². The maximum absolute atomic E-state index is 6.00. The lowest BCUT2D eigenvalue weighted by molar-refractivity contribution is 0.428. The third-order valence-corrected chi connectivity index (χ3v) is 3.16. The molecule has 1 aromatic rings. The molecule has 1 aromatic heterocycles. The number of pyridine rings is 1. The van der Waals surface area contributed by atoms with Crippen molar-refractivity contribution in [1.29, 1.82) is 0 Å². The monoisotopic (exact) mass is 264 g/mol. The van der Waals surface area contributed by atoms with Crippen LogP contribution >= 0.6 is 0 Å². The fraction of sp³-hybridized carbons (Fsp3) is 0.167. The number of anilines is 1.